The van der Waals surface area contributed by atoms with Crippen LogP contribution < -0.4 is 10.6 Å². The molecule has 0 heterocycles. The first kappa shape index (κ1) is 21.2. The summed E-state index contributed by atoms with van der Waals surface area (Å²) in [5.41, 5.74) is 0. The van der Waals surface area contributed by atoms with Crippen LogP contribution in [0.4, 0.5) is 0 Å². The van der Waals surface area contributed by atoms with Crippen LogP contribution in [0.25, 0.3) is 0 Å². The summed E-state index contributed by atoms with van der Waals surface area (Å²) in [6.07, 6.45) is 1.04. The van der Waals surface area contributed by atoms with Gasteiger partial charge in [0.25, 0.3) is 0 Å². The topological polar surface area (TPSA) is 69.1 Å². The van der Waals surface area contributed by atoms with Gasteiger partial charge in [-0.15, -0.1) is 24.0 Å². The van der Waals surface area contributed by atoms with Crippen LogP contribution in [0.15, 0.2) is 4.99 Å². The van der Waals surface area contributed by atoms with E-state index in [0.29, 0.717) is 6.54 Å². The molecule has 0 aromatic carbocycles. The highest BCUT2D eigenvalue weighted by Crippen LogP contribution is 1.88. The van der Waals surface area contributed by atoms with Crippen molar-refractivity contribution in [3.8, 4) is 0 Å². The van der Waals surface area contributed by atoms with Gasteiger partial charge < -0.3 is 25.4 Å². The summed E-state index contributed by atoms with van der Waals surface area (Å²) in [5.74, 6) is 0.761. The number of aliphatic hydroxyl groups excluding tert-OH is 1. The highest BCUT2D eigenvalue weighted by atomic mass is 127. The van der Waals surface area contributed by atoms with Crippen molar-refractivity contribution in [2.75, 3.05) is 60.1 Å². The van der Waals surface area contributed by atoms with E-state index in [9.17, 15) is 0 Å². The fourth-order valence-electron chi connectivity index (χ4n) is 1.44. The molecule has 0 bridgehead atoms. The Bertz CT molecular complexity index is 218. The van der Waals surface area contributed by atoms with Gasteiger partial charge in [0.2, 0.25) is 0 Å². The van der Waals surface area contributed by atoms with Gasteiger partial charge in [0.15, 0.2) is 5.96 Å². The molecule has 0 aliphatic rings. The van der Waals surface area contributed by atoms with Crippen LogP contribution >= 0.6 is 24.0 Å². The van der Waals surface area contributed by atoms with Crippen molar-refractivity contribution in [1.29, 1.82) is 0 Å². The molecular formula is C12H29IN4O2. The second kappa shape index (κ2) is 15.9. The number of methoxy groups -OCH3 is 1. The van der Waals surface area contributed by atoms with Gasteiger partial charge in [-0.2, -0.15) is 0 Å². The number of hydrogen-bond donors (Lipinski definition) is 3. The predicted octanol–water partition coefficient (Wildman–Crippen LogP) is 0.120. The maximum absolute atomic E-state index is 8.75. The Morgan fingerprint density at radius 1 is 1.32 bits per heavy atom. The molecule has 19 heavy (non-hydrogen) atoms. The lowest BCUT2D eigenvalue weighted by Crippen LogP contribution is -2.39. The summed E-state index contributed by atoms with van der Waals surface area (Å²) in [7, 11) is 3.80. The number of aliphatic imine (C=N–C) groups is 1. The fourth-order valence-corrected chi connectivity index (χ4v) is 1.44. The van der Waals surface area contributed by atoms with Crippen LogP contribution in [0.1, 0.15) is 13.3 Å². The van der Waals surface area contributed by atoms with Gasteiger partial charge in [0.1, 0.15) is 0 Å². The van der Waals surface area contributed by atoms with Crippen LogP contribution in [0.3, 0.4) is 0 Å². The van der Waals surface area contributed by atoms with Gasteiger partial charge in [-0.25, -0.2) is 0 Å². The molecule has 0 aromatic heterocycles. The van der Waals surface area contributed by atoms with E-state index >= 15 is 0 Å². The molecule has 0 radical (unpaired) electrons. The van der Waals surface area contributed by atoms with Crippen molar-refractivity contribution < 1.29 is 9.84 Å². The normalized spacial score (nSPS) is 11.3. The van der Waals surface area contributed by atoms with Crippen molar-refractivity contribution in [2.45, 2.75) is 13.3 Å². The first-order valence-electron chi connectivity index (χ1n) is 6.55. The van der Waals surface area contributed by atoms with Crippen LogP contribution in [0.2, 0.25) is 0 Å². The molecule has 0 unspecified atom stereocenters. The molecule has 3 N–H and O–H groups in total. The molecule has 0 fully saturated rings. The van der Waals surface area contributed by atoms with Crippen LogP contribution in [-0.4, -0.2) is 76.1 Å². The summed E-state index contributed by atoms with van der Waals surface area (Å²) in [5, 5.41) is 14.9. The SMILES string of the molecule is CCNC(=NCCN(C)CCCOC)NCCO.I. The molecule has 116 valence electrons. The number of nitrogens with zero attached hydrogens (tertiary/aromatic N) is 2. The van der Waals surface area contributed by atoms with E-state index in [-0.39, 0.29) is 30.6 Å². The Morgan fingerprint density at radius 2 is 2.05 bits per heavy atom. The third kappa shape index (κ3) is 14.1. The highest BCUT2D eigenvalue weighted by Gasteiger charge is 1.99. The number of nitrogens with one attached hydrogen (secondary N) is 2. The lowest BCUT2D eigenvalue weighted by Gasteiger charge is -2.15. The number of likely N-dealkylation sites (N-methyl/N-ethyl adjacent to an activating group) is 1. The number of ether oxygens (including phenoxy) is 1. The molecule has 0 saturated heterocycles. The fraction of sp³-hybridized carbons (Fsp3) is 0.917. The van der Waals surface area contributed by atoms with Crippen LogP contribution in [0.5, 0.6) is 0 Å². The van der Waals surface area contributed by atoms with Crippen molar-refractivity contribution in [2.24, 2.45) is 4.99 Å². The zero-order valence-electron chi connectivity index (χ0n) is 12.3. The highest BCUT2D eigenvalue weighted by molar-refractivity contribution is 14.0. The molecule has 0 amide bonds. The maximum Gasteiger partial charge on any atom is 0.191 e. The summed E-state index contributed by atoms with van der Waals surface area (Å²) in [6, 6.07) is 0. The van der Waals surface area contributed by atoms with Crippen LogP contribution in [-0.2, 0) is 4.74 Å². The van der Waals surface area contributed by atoms with Gasteiger partial charge >= 0.3 is 0 Å². The average Bonchev–Trinajstić information content (AvgIpc) is 2.36. The Labute approximate surface area is 134 Å². The Balaban J connectivity index is 0. The molecule has 0 aliphatic heterocycles. The largest absolute Gasteiger partial charge is 0.395 e. The number of guanidine groups is 1. The van der Waals surface area contributed by atoms with E-state index in [1.165, 1.54) is 0 Å². The van der Waals surface area contributed by atoms with E-state index in [2.05, 4.69) is 27.6 Å². The summed E-state index contributed by atoms with van der Waals surface area (Å²) >= 11 is 0. The molecule has 0 spiro atoms. The van der Waals surface area contributed by atoms with Crippen molar-refractivity contribution in [3.05, 3.63) is 0 Å². The van der Waals surface area contributed by atoms with Gasteiger partial charge in [0, 0.05) is 39.9 Å². The third-order valence-electron chi connectivity index (χ3n) is 2.39. The molecule has 0 saturated carbocycles. The van der Waals surface area contributed by atoms with E-state index < -0.39 is 0 Å². The molecule has 0 rings (SSSR count). The molecule has 0 aliphatic carbocycles. The zero-order valence-corrected chi connectivity index (χ0v) is 14.6. The van der Waals surface area contributed by atoms with Gasteiger partial charge in [0.05, 0.1) is 13.2 Å². The maximum atomic E-state index is 8.75. The quantitative estimate of drug-likeness (QED) is 0.215. The van der Waals surface area contributed by atoms with Gasteiger partial charge in [-0.05, 0) is 20.4 Å². The zero-order chi connectivity index (χ0) is 13.6. The smallest absolute Gasteiger partial charge is 0.191 e. The minimum atomic E-state index is 0. The summed E-state index contributed by atoms with van der Waals surface area (Å²) in [4.78, 5) is 6.66. The molecule has 6 nitrogen and oxygen atoms in total. The third-order valence-corrected chi connectivity index (χ3v) is 2.39. The van der Waals surface area contributed by atoms with Crippen molar-refractivity contribution in [3.63, 3.8) is 0 Å². The minimum Gasteiger partial charge on any atom is -0.395 e. The number of rotatable bonds is 10. The Kier molecular flexibility index (Phi) is 17.8. The lowest BCUT2D eigenvalue weighted by atomic mass is 10.4. The Morgan fingerprint density at radius 3 is 2.63 bits per heavy atom. The standard InChI is InChI=1S/C12H28N4O2.HI/c1-4-13-12(15-7-10-17)14-6-9-16(2)8-5-11-18-3;/h17H,4-11H2,1-3H3,(H2,13,14,15);1H. The minimum absolute atomic E-state index is 0. The van der Waals surface area contributed by atoms with Crippen molar-refractivity contribution >= 4 is 29.9 Å². The first-order chi connectivity index (χ1) is 8.74. The molecule has 7 heteroatoms. The van der Waals surface area contributed by atoms with E-state index in [1.807, 2.05) is 6.92 Å². The van der Waals surface area contributed by atoms with Gasteiger partial charge in [-0.1, -0.05) is 0 Å². The van der Waals surface area contributed by atoms with E-state index in [1.54, 1.807) is 7.11 Å². The summed E-state index contributed by atoms with van der Waals surface area (Å²) < 4.78 is 5.01. The monoisotopic (exact) mass is 388 g/mol. The molecule has 0 atom stereocenters. The first-order valence-corrected chi connectivity index (χ1v) is 6.55. The second-order valence-corrected chi connectivity index (χ2v) is 4.06. The number of hydrogen-bond acceptors (Lipinski definition) is 4. The van der Waals surface area contributed by atoms with E-state index in [0.717, 1.165) is 45.2 Å². The number of halogens is 1. The van der Waals surface area contributed by atoms with Crippen molar-refractivity contribution in [1.82, 2.24) is 15.5 Å². The second-order valence-electron chi connectivity index (χ2n) is 4.06. The lowest BCUT2D eigenvalue weighted by molar-refractivity contribution is 0.180. The molecule has 0 aromatic rings. The molecular weight excluding hydrogens is 359 g/mol. The average molecular weight is 388 g/mol. The van der Waals surface area contributed by atoms with Gasteiger partial charge in [-0.3, -0.25) is 4.99 Å². The van der Waals surface area contributed by atoms with Crippen LogP contribution in [0, 0.1) is 0 Å². The van der Waals surface area contributed by atoms with E-state index in [4.69, 9.17) is 9.84 Å². The number of aliphatic hydroxyl groups is 1. The predicted molar refractivity (Wildman–Crippen MR) is 90.5 cm³/mol. The summed E-state index contributed by atoms with van der Waals surface area (Å²) in [6.45, 7) is 6.95. The Hall–Kier alpha value is -0.120.